The smallest absolute Gasteiger partial charge is 0.273 e. The number of aryl methyl sites for hydroxylation is 1. The minimum absolute atomic E-state index is 0.126. The van der Waals surface area contributed by atoms with Crippen LogP contribution in [-0.2, 0) is 13.5 Å². The fourth-order valence-electron chi connectivity index (χ4n) is 1.68. The topological polar surface area (TPSA) is 67.2 Å². The Hall–Kier alpha value is -2.14. The Morgan fingerprint density at radius 1 is 1.33 bits per heavy atom. The molecule has 5 nitrogen and oxygen atoms in total. The molecular weight excluding hydrogens is 230 g/mol. The summed E-state index contributed by atoms with van der Waals surface area (Å²) in [6, 6.07) is 9.07. The van der Waals surface area contributed by atoms with Crippen LogP contribution in [0.25, 0.3) is 0 Å². The van der Waals surface area contributed by atoms with Crippen molar-refractivity contribution in [2.75, 3.05) is 11.9 Å². The number of amides is 1. The van der Waals surface area contributed by atoms with Crippen LogP contribution in [0, 0.1) is 0 Å². The van der Waals surface area contributed by atoms with Crippen LogP contribution in [0.2, 0.25) is 0 Å². The van der Waals surface area contributed by atoms with Crippen molar-refractivity contribution in [2.45, 2.75) is 6.42 Å². The van der Waals surface area contributed by atoms with E-state index in [9.17, 15) is 4.79 Å². The van der Waals surface area contributed by atoms with Gasteiger partial charge in [-0.25, -0.2) is 0 Å². The number of rotatable bonds is 4. The Morgan fingerprint density at radius 3 is 2.61 bits per heavy atom. The predicted molar refractivity (Wildman–Crippen MR) is 68.4 cm³/mol. The van der Waals surface area contributed by atoms with Gasteiger partial charge >= 0.3 is 0 Å². The Labute approximate surface area is 105 Å². The monoisotopic (exact) mass is 245 g/mol. The second kappa shape index (κ2) is 5.46. The van der Waals surface area contributed by atoms with E-state index in [4.69, 9.17) is 5.11 Å². The van der Waals surface area contributed by atoms with Gasteiger partial charge in [-0.2, -0.15) is 5.10 Å². The number of anilines is 1. The third kappa shape index (κ3) is 2.75. The summed E-state index contributed by atoms with van der Waals surface area (Å²) in [5.41, 5.74) is 2.27. The second-order valence-corrected chi connectivity index (χ2v) is 3.96. The maximum absolute atomic E-state index is 11.9. The van der Waals surface area contributed by atoms with Crippen LogP contribution in [0.1, 0.15) is 16.1 Å². The molecule has 1 amide bonds. The van der Waals surface area contributed by atoms with Gasteiger partial charge in [0.25, 0.3) is 5.91 Å². The minimum Gasteiger partial charge on any atom is -0.396 e. The maximum Gasteiger partial charge on any atom is 0.273 e. The normalized spacial score (nSPS) is 10.3. The molecule has 0 fully saturated rings. The molecule has 0 aliphatic heterocycles. The summed E-state index contributed by atoms with van der Waals surface area (Å²) in [6.45, 7) is 0.126. The van der Waals surface area contributed by atoms with E-state index < -0.39 is 0 Å². The van der Waals surface area contributed by atoms with Gasteiger partial charge in [-0.05, 0) is 30.2 Å². The van der Waals surface area contributed by atoms with E-state index >= 15 is 0 Å². The van der Waals surface area contributed by atoms with Crippen LogP contribution in [0.4, 0.5) is 5.69 Å². The summed E-state index contributed by atoms with van der Waals surface area (Å²) in [5, 5.41) is 15.5. The van der Waals surface area contributed by atoms with E-state index in [1.807, 2.05) is 24.3 Å². The van der Waals surface area contributed by atoms with Crippen LogP contribution in [0.5, 0.6) is 0 Å². The molecule has 0 spiro atoms. The molecule has 5 heteroatoms. The molecule has 0 bridgehead atoms. The number of nitrogens with zero attached hydrogens (tertiary/aromatic N) is 2. The number of nitrogens with one attached hydrogen (secondary N) is 1. The number of carbonyl (C=O) groups excluding carboxylic acids is 1. The zero-order valence-electron chi connectivity index (χ0n) is 10.1. The van der Waals surface area contributed by atoms with Crippen LogP contribution in [0.15, 0.2) is 36.5 Å². The fraction of sp³-hybridized carbons (Fsp3) is 0.231. The molecule has 2 N–H and O–H groups in total. The molecule has 0 saturated carbocycles. The highest BCUT2D eigenvalue weighted by atomic mass is 16.2. The molecule has 0 radical (unpaired) electrons. The quantitative estimate of drug-likeness (QED) is 0.850. The number of benzene rings is 1. The lowest BCUT2D eigenvalue weighted by Gasteiger charge is -2.06. The average Bonchev–Trinajstić information content (AvgIpc) is 2.78. The number of hydrogen-bond acceptors (Lipinski definition) is 3. The number of hydrogen-bond donors (Lipinski definition) is 2. The number of aliphatic hydroxyl groups is 1. The lowest BCUT2D eigenvalue weighted by atomic mass is 10.1. The van der Waals surface area contributed by atoms with Gasteiger partial charge in [0.2, 0.25) is 0 Å². The van der Waals surface area contributed by atoms with E-state index in [1.165, 1.54) is 4.68 Å². The van der Waals surface area contributed by atoms with Crippen molar-refractivity contribution in [3.63, 3.8) is 0 Å². The minimum atomic E-state index is -0.190. The Balaban J connectivity index is 2.05. The van der Waals surface area contributed by atoms with Gasteiger partial charge in [-0.15, -0.1) is 0 Å². The van der Waals surface area contributed by atoms with Crippen molar-refractivity contribution >= 4 is 11.6 Å². The van der Waals surface area contributed by atoms with Crippen LogP contribution >= 0.6 is 0 Å². The molecule has 0 unspecified atom stereocenters. The van der Waals surface area contributed by atoms with E-state index in [0.717, 1.165) is 11.3 Å². The molecule has 1 heterocycles. The van der Waals surface area contributed by atoms with Gasteiger partial charge in [0.05, 0.1) is 0 Å². The lowest BCUT2D eigenvalue weighted by molar-refractivity contribution is 0.101. The molecule has 0 atom stereocenters. The highest BCUT2D eigenvalue weighted by Crippen LogP contribution is 2.11. The average molecular weight is 245 g/mol. The van der Waals surface area contributed by atoms with Crippen molar-refractivity contribution in [3.05, 3.63) is 47.8 Å². The Bertz CT molecular complexity index is 531. The largest absolute Gasteiger partial charge is 0.396 e. The Kier molecular flexibility index (Phi) is 3.74. The molecule has 0 aliphatic carbocycles. The second-order valence-electron chi connectivity index (χ2n) is 3.96. The van der Waals surface area contributed by atoms with E-state index in [0.29, 0.717) is 12.1 Å². The van der Waals surface area contributed by atoms with Crippen molar-refractivity contribution in [2.24, 2.45) is 7.05 Å². The third-order valence-electron chi connectivity index (χ3n) is 2.67. The van der Waals surface area contributed by atoms with Crippen LogP contribution < -0.4 is 5.32 Å². The molecule has 1 aromatic heterocycles. The summed E-state index contributed by atoms with van der Waals surface area (Å²) in [7, 11) is 1.72. The molecule has 94 valence electrons. The molecule has 2 rings (SSSR count). The van der Waals surface area contributed by atoms with Crippen molar-refractivity contribution < 1.29 is 9.90 Å². The first kappa shape index (κ1) is 12.3. The summed E-state index contributed by atoms with van der Waals surface area (Å²) >= 11 is 0. The summed E-state index contributed by atoms with van der Waals surface area (Å²) in [4.78, 5) is 11.9. The van der Waals surface area contributed by atoms with Crippen molar-refractivity contribution in [1.29, 1.82) is 0 Å². The predicted octanol–water partition coefficient (Wildman–Crippen LogP) is 1.21. The SMILES string of the molecule is Cn1nccc1C(=O)Nc1ccc(CCO)cc1. The van der Waals surface area contributed by atoms with Crippen LogP contribution in [0.3, 0.4) is 0 Å². The first-order valence-corrected chi connectivity index (χ1v) is 5.70. The highest BCUT2D eigenvalue weighted by molar-refractivity contribution is 6.02. The zero-order chi connectivity index (χ0) is 13.0. The van der Waals surface area contributed by atoms with Crippen molar-refractivity contribution in [1.82, 2.24) is 9.78 Å². The third-order valence-corrected chi connectivity index (χ3v) is 2.67. The molecule has 18 heavy (non-hydrogen) atoms. The fourth-order valence-corrected chi connectivity index (χ4v) is 1.68. The van der Waals surface area contributed by atoms with E-state index in [-0.39, 0.29) is 12.5 Å². The van der Waals surface area contributed by atoms with Crippen LogP contribution in [-0.4, -0.2) is 27.4 Å². The Morgan fingerprint density at radius 2 is 2.06 bits per heavy atom. The zero-order valence-corrected chi connectivity index (χ0v) is 10.1. The number of carbonyl (C=O) groups is 1. The van der Waals surface area contributed by atoms with Gasteiger partial charge in [0, 0.05) is 25.5 Å². The van der Waals surface area contributed by atoms with Gasteiger partial charge in [-0.3, -0.25) is 9.48 Å². The van der Waals surface area contributed by atoms with Gasteiger partial charge in [0.1, 0.15) is 5.69 Å². The maximum atomic E-state index is 11.9. The summed E-state index contributed by atoms with van der Waals surface area (Å²) < 4.78 is 1.52. The van der Waals surface area contributed by atoms with E-state index in [1.54, 1.807) is 19.3 Å². The van der Waals surface area contributed by atoms with Crippen molar-refractivity contribution in [3.8, 4) is 0 Å². The molecule has 2 aromatic rings. The first-order chi connectivity index (χ1) is 8.70. The van der Waals surface area contributed by atoms with Gasteiger partial charge < -0.3 is 10.4 Å². The van der Waals surface area contributed by atoms with Gasteiger partial charge in [-0.1, -0.05) is 12.1 Å². The summed E-state index contributed by atoms with van der Waals surface area (Å²) in [5.74, 6) is -0.190. The summed E-state index contributed by atoms with van der Waals surface area (Å²) in [6.07, 6.45) is 2.20. The van der Waals surface area contributed by atoms with Gasteiger partial charge in [0.15, 0.2) is 0 Å². The van der Waals surface area contributed by atoms with E-state index in [2.05, 4.69) is 10.4 Å². The molecule has 0 aliphatic rings. The molecule has 0 saturated heterocycles. The number of aliphatic hydroxyl groups excluding tert-OH is 1. The highest BCUT2D eigenvalue weighted by Gasteiger charge is 2.09. The lowest BCUT2D eigenvalue weighted by Crippen LogP contribution is -2.16. The first-order valence-electron chi connectivity index (χ1n) is 5.70. The molecule has 1 aromatic carbocycles. The number of aromatic nitrogens is 2. The standard InChI is InChI=1S/C13H15N3O2/c1-16-12(6-8-14-16)13(18)15-11-4-2-10(3-5-11)7-9-17/h2-6,8,17H,7,9H2,1H3,(H,15,18). The molecular formula is C13H15N3O2.